The highest BCUT2D eigenvalue weighted by atomic mass is 16.3. The van der Waals surface area contributed by atoms with Crippen LogP contribution in [0, 0.1) is 6.92 Å². The first-order valence-electron chi connectivity index (χ1n) is 6.69. The highest BCUT2D eigenvalue weighted by Gasteiger charge is 2.16. The summed E-state index contributed by atoms with van der Waals surface area (Å²) < 4.78 is 11.0. The van der Waals surface area contributed by atoms with Crippen molar-refractivity contribution in [2.45, 2.75) is 19.5 Å². The standard InChI is InChI=1S/C17H17NO2/c1-13-9-11-20-16(13)12-18-17(15-8-5-10-19-15)14-6-3-2-4-7-14/h2-11,17-18H,12H2,1H3. The normalized spacial score (nSPS) is 12.4. The lowest BCUT2D eigenvalue weighted by Crippen LogP contribution is -2.21. The van der Waals surface area contributed by atoms with Crippen molar-refractivity contribution in [1.82, 2.24) is 5.32 Å². The van der Waals surface area contributed by atoms with E-state index in [4.69, 9.17) is 8.83 Å². The number of hydrogen-bond acceptors (Lipinski definition) is 3. The molecule has 0 saturated carbocycles. The Hall–Kier alpha value is -2.26. The molecule has 0 saturated heterocycles. The molecule has 3 nitrogen and oxygen atoms in total. The molecule has 0 amide bonds. The Labute approximate surface area is 118 Å². The molecule has 0 aliphatic carbocycles. The molecule has 2 heterocycles. The van der Waals surface area contributed by atoms with Crippen LogP contribution in [0.15, 0.2) is 69.9 Å². The molecule has 102 valence electrons. The summed E-state index contributed by atoms with van der Waals surface area (Å²) in [5, 5.41) is 3.49. The predicted molar refractivity (Wildman–Crippen MR) is 77.3 cm³/mol. The van der Waals surface area contributed by atoms with Gasteiger partial charge in [0.1, 0.15) is 11.5 Å². The van der Waals surface area contributed by atoms with Gasteiger partial charge in [-0.3, -0.25) is 5.32 Å². The van der Waals surface area contributed by atoms with Gasteiger partial charge in [0.25, 0.3) is 0 Å². The maximum Gasteiger partial charge on any atom is 0.125 e. The van der Waals surface area contributed by atoms with Gasteiger partial charge in [-0.25, -0.2) is 0 Å². The zero-order valence-electron chi connectivity index (χ0n) is 11.4. The molecule has 20 heavy (non-hydrogen) atoms. The second-order valence-corrected chi connectivity index (χ2v) is 4.77. The van der Waals surface area contributed by atoms with Crippen molar-refractivity contribution < 1.29 is 8.83 Å². The molecule has 1 atom stereocenters. The van der Waals surface area contributed by atoms with E-state index in [0.29, 0.717) is 6.54 Å². The van der Waals surface area contributed by atoms with E-state index in [1.807, 2.05) is 43.3 Å². The second-order valence-electron chi connectivity index (χ2n) is 4.77. The fourth-order valence-electron chi connectivity index (χ4n) is 2.26. The van der Waals surface area contributed by atoms with E-state index in [2.05, 4.69) is 17.4 Å². The van der Waals surface area contributed by atoms with Gasteiger partial charge in [-0.15, -0.1) is 0 Å². The lowest BCUT2D eigenvalue weighted by atomic mass is 10.0. The minimum atomic E-state index is 0.0238. The molecule has 1 aromatic carbocycles. The number of hydrogen-bond donors (Lipinski definition) is 1. The van der Waals surface area contributed by atoms with Crippen LogP contribution in [0.5, 0.6) is 0 Å². The zero-order chi connectivity index (χ0) is 13.8. The van der Waals surface area contributed by atoms with E-state index in [-0.39, 0.29) is 6.04 Å². The Balaban J connectivity index is 1.82. The van der Waals surface area contributed by atoms with Crippen molar-refractivity contribution in [2.24, 2.45) is 0 Å². The topological polar surface area (TPSA) is 38.3 Å². The summed E-state index contributed by atoms with van der Waals surface area (Å²) in [4.78, 5) is 0. The van der Waals surface area contributed by atoms with Gasteiger partial charge >= 0.3 is 0 Å². The largest absolute Gasteiger partial charge is 0.468 e. The van der Waals surface area contributed by atoms with E-state index in [9.17, 15) is 0 Å². The molecule has 3 aromatic rings. The summed E-state index contributed by atoms with van der Waals surface area (Å²) >= 11 is 0. The second kappa shape index (κ2) is 5.80. The van der Waals surface area contributed by atoms with Crippen LogP contribution in [0.1, 0.15) is 28.7 Å². The highest BCUT2D eigenvalue weighted by Crippen LogP contribution is 2.23. The van der Waals surface area contributed by atoms with E-state index in [1.165, 1.54) is 5.56 Å². The SMILES string of the molecule is Cc1ccoc1CNC(c1ccccc1)c1ccco1. The first-order valence-corrected chi connectivity index (χ1v) is 6.69. The molecule has 3 heteroatoms. The Bertz CT molecular complexity index is 641. The van der Waals surface area contributed by atoms with Crippen LogP contribution < -0.4 is 5.32 Å². The molecule has 3 rings (SSSR count). The van der Waals surface area contributed by atoms with Gasteiger partial charge in [-0.1, -0.05) is 30.3 Å². The van der Waals surface area contributed by atoms with Gasteiger partial charge in [0.05, 0.1) is 25.1 Å². The minimum absolute atomic E-state index is 0.0238. The van der Waals surface area contributed by atoms with Crippen LogP contribution in [0.2, 0.25) is 0 Å². The van der Waals surface area contributed by atoms with E-state index < -0.39 is 0 Å². The molecular weight excluding hydrogens is 250 g/mol. The van der Waals surface area contributed by atoms with Gasteiger partial charge in [0.15, 0.2) is 0 Å². The number of aryl methyl sites for hydroxylation is 1. The van der Waals surface area contributed by atoms with Crippen molar-refractivity contribution in [3.63, 3.8) is 0 Å². The van der Waals surface area contributed by atoms with Crippen LogP contribution in [0.25, 0.3) is 0 Å². The third kappa shape index (κ3) is 2.68. The van der Waals surface area contributed by atoms with E-state index >= 15 is 0 Å². The molecule has 0 radical (unpaired) electrons. The molecule has 0 aliphatic rings. The minimum Gasteiger partial charge on any atom is -0.468 e. The van der Waals surface area contributed by atoms with Crippen LogP contribution in [-0.2, 0) is 6.54 Å². The summed E-state index contributed by atoms with van der Waals surface area (Å²) in [6.07, 6.45) is 3.42. The van der Waals surface area contributed by atoms with Crippen LogP contribution in [0.3, 0.4) is 0 Å². The Morgan fingerprint density at radius 3 is 2.45 bits per heavy atom. The Morgan fingerprint density at radius 2 is 1.80 bits per heavy atom. The first-order chi connectivity index (χ1) is 9.84. The van der Waals surface area contributed by atoms with Gasteiger partial charge < -0.3 is 8.83 Å². The van der Waals surface area contributed by atoms with Gasteiger partial charge in [0.2, 0.25) is 0 Å². The summed E-state index contributed by atoms with van der Waals surface area (Å²) in [5.74, 6) is 1.86. The summed E-state index contributed by atoms with van der Waals surface area (Å²) in [6.45, 7) is 2.71. The van der Waals surface area contributed by atoms with Crippen molar-refractivity contribution in [3.05, 3.63) is 83.7 Å². The Kier molecular flexibility index (Phi) is 3.70. The number of rotatable bonds is 5. The van der Waals surface area contributed by atoms with Gasteiger partial charge in [-0.2, -0.15) is 0 Å². The van der Waals surface area contributed by atoms with Crippen LogP contribution in [-0.4, -0.2) is 0 Å². The van der Waals surface area contributed by atoms with Crippen LogP contribution in [0.4, 0.5) is 0 Å². The highest BCUT2D eigenvalue weighted by molar-refractivity contribution is 5.26. The molecule has 0 bridgehead atoms. The van der Waals surface area contributed by atoms with Crippen LogP contribution >= 0.6 is 0 Å². The monoisotopic (exact) mass is 267 g/mol. The third-order valence-electron chi connectivity index (χ3n) is 3.40. The first kappa shape index (κ1) is 12.8. The molecule has 1 unspecified atom stereocenters. The third-order valence-corrected chi connectivity index (χ3v) is 3.40. The number of furan rings is 2. The van der Waals surface area contributed by atoms with Gasteiger partial charge in [0, 0.05) is 0 Å². The van der Waals surface area contributed by atoms with Crippen molar-refractivity contribution in [1.29, 1.82) is 0 Å². The molecule has 0 aliphatic heterocycles. The average Bonchev–Trinajstić information content (AvgIpc) is 3.13. The smallest absolute Gasteiger partial charge is 0.125 e. The summed E-state index contributed by atoms with van der Waals surface area (Å²) in [6, 6.07) is 16.2. The van der Waals surface area contributed by atoms with Crippen molar-refractivity contribution >= 4 is 0 Å². The summed E-state index contributed by atoms with van der Waals surface area (Å²) in [5.41, 5.74) is 2.33. The lowest BCUT2D eigenvalue weighted by molar-refractivity contribution is 0.419. The average molecular weight is 267 g/mol. The maximum absolute atomic E-state index is 5.56. The number of benzene rings is 1. The van der Waals surface area contributed by atoms with Gasteiger partial charge in [-0.05, 0) is 36.2 Å². The number of nitrogens with one attached hydrogen (secondary N) is 1. The van der Waals surface area contributed by atoms with Crippen molar-refractivity contribution in [3.8, 4) is 0 Å². The quantitative estimate of drug-likeness (QED) is 0.757. The molecular formula is C17H17NO2. The van der Waals surface area contributed by atoms with Crippen molar-refractivity contribution in [2.75, 3.05) is 0 Å². The summed E-state index contributed by atoms with van der Waals surface area (Å²) in [7, 11) is 0. The fourth-order valence-corrected chi connectivity index (χ4v) is 2.26. The molecule has 0 spiro atoms. The zero-order valence-corrected chi connectivity index (χ0v) is 11.4. The fraction of sp³-hybridized carbons (Fsp3) is 0.176. The lowest BCUT2D eigenvalue weighted by Gasteiger charge is -2.16. The maximum atomic E-state index is 5.56. The molecule has 1 N–H and O–H groups in total. The van der Waals surface area contributed by atoms with E-state index in [0.717, 1.165) is 17.1 Å². The predicted octanol–water partition coefficient (Wildman–Crippen LogP) is 4.06. The Morgan fingerprint density at radius 1 is 0.950 bits per heavy atom. The molecule has 2 aromatic heterocycles. The van der Waals surface area contributed by atoms with E-state index in [1.54, 1.807) is 12.5 Å². The molecule has 0 fully saturated rings.